The van der Waals surface area contributed by atoms with Gasteiger partial charge in [-0.1, -0.05) is 29.5 Å². The molecule has 0 unspecified atom stereocenters. The summed E-state index contributed by atoms with van der Waals surface area (Å²) in [6.45, 7) is 2.97. The van der Waals surface area contributed by atoms with E-state index < -0.39 is 0 Å². The molecule has 1 atom stereocenters. The maximum Gasteiger partial charge on any atom is 0.249 e. The summed E-state index contributed by atoms with van der Waals surface area (Å²) in [5.41, 5.74) is 5.55. The first kappa shape index (κ1) is 19.6. The molecule has 1 aliphatic carbocycles. The third kappa shape index (κ3) is 4.41. The Morgan fingerprint density at radius 3 is 2.77 bits per heavy atom. The molecule has 160 valence electrons. The van der Waals surface area contributed by atoms with Crippen LogP contribution in [0.3, 0.4) is 0 Å². The first-order valence-electron chi connectivity index (χ1n) is 10.6. The molecular weight excluding hydrogens is 394 g/mol. The number of anilines is 1. The minimum atomic E-state index is -0.109. The lowest BCUT2D eigenvalue weighted by Gasteiger charge is -2.17. The van der Waals surface area contributed by atoms with Crippen molar-refractivity contribution < 1.29 is 9.53 Å². The van der Waals surface area contributed by atoms with Crippen LogP contribution in [0.1, 0.15) is 35.0 Å². The van der Waals surface area contributed by atoms with Crippen LogP contribution >= 0.6 is 0 Å². The molecule has 0 radical (unpaired) electrons. The van der Waals surface area contributed by atoms with E-state index in [0.29, 0.717) is 31.5 Å². The van der Waals surface area contributed by atoms with E-state index in [2.05, 4.69) is 55.0 Å². The van der Waals surface area contributed by atoms with Crippen LogP contribution < -0.4 is 5.32 Å². The van der Waals surface area contributed by atoms with Crippen LogP contribution in [0, 0.1) is 0 Å². The van der Waals surface area contributed by atoms with Crippen molar-refractivity contribution in [3.05, 3.63) is 64.7 Å². The van der Waals surface area contributed by atoms with Gasteiger partial charge in [-0.25, -0.2) is 9.97 Å². The lowest BCUT2D eigenvalue weighted by Crippen LogP contribution is -2.31. The molecule has 31 heavy (non-hydrogen) atoms. The van der Waals surface area contributed by atoms with Gasteiger partial charge in [0.15, 0.2) is 0 Å². The second-order valence-corrected chi connectivity index (χ2v) is 8.24. The molecule has 0 saturated heterocycles. The van der Waals surface area contributed by atoms with Gasteiger partial charge in [0.1, 0.15) is 6.61 Å². The zero-order chi connectivity index (χ0) is 21.2. The van der Waals surface area contributed by atoms with Crippen LogP contribution in [0.2, 0.25) is 0 Å². The van der Waals surface area contributed by atoms with E-state index in [1.54, 1.807) is 11.1 Å². The number of hydrogen-bond donors (Lipinski definition) is 2. The number of benzene rings is 1. The average molecular weight is 419 g/mol. The number of nitrogens with one attached hydrogen (secondary N) is 2. The van der Waals surface area contributed by atoms with Gasteiger partial charge in [0, 0.05) is 30.8 Å². The molecule has 3 heterocycles. The first-order valence-corrected chi connectivity index (χ1v) is 10.6. The summed E-state index contributed by atoms with van der Waals surface area (Å²) < 4.78 is 5.72. The van der Waals surface area contributed by atoms with Crippen LogP contribution in [0.15, 0.2) is 36.7 Å². The summed E-state index contributed by atoms with van der Waals surface area (Å²) in [5.74, 6) is 0.581. The van der Waals surface area contributed by atoms with E-state index in [1.165, 1.54) is 11.1 Å². The number of aromatic amines is 1. The number of hydrogen-bond acceptors (Lipinski definition) is 7. The number of aromatic nitrogens is 5. The highest BCUT2D eigenvalue weighted by Gasteiger charge is 2.27. The molecule has 0 spiro atoms. The van der Waals surface area contributed by atoms with Gasteiger partial charge in [-0.2, -0.15) is 0 Å². The Morgan fingerprint density at radius 1 is 1.23 bits per heavy atom. The molecule has 5 rings (SSSR count). The van der Waals surface area contributed by atoms with Gasteiger partial charge in [0.05, 0.1) is 30.2 Å². The fourth-order valence-electron chi connectivity index (χ4n) is 4.24. The first-order chi connectivity index (χ1) is 15.1. The van der Waals surface area contributed by atoms with Crippen molar-refractivity contribution in [2.24, 2.45) is 0 Å². The number of carbonyl (C=O) groups is 1. The highest BCUT2D eigenvalue weighted by molar-refractivity contribution is 5.78. The smallest absolute Gasteiger partial charge is 0.249 e. The fraction of sp³-hybridized carbons (Fsp3) is 0.409. The molecule has 0 bridgehead atoms. The summed E-state index contributed by atoms with van der Waals surface area (Å²) in [7, 11) is 0. The number of amides is 1. The van der Waals surface area contributed by atoms with E-state index in [0.717, 1.165) is 29.8 Å². The largest absolute Gasteiger partial charge is 0.368 e. The molecule has 0 saturated carbocycles. The minimum absolute atomic E-state index is 0.0373. The van der Waals surface area contributed by atoms with Gasteiger partial charge in [0.2, 0.25) is 11.9 Å². The normalized spacial score (nSPS) is 16.2. The minimum Gasteiger partial charge on any atom is -0.368 e. The lowest BCUT2D eigenvalue weighted by atomic mass is 10.1. The summed E-state index contributed by atoms with van der Waals surface area (Å²) in [5, 5.41) is 13.7. The Morgan fingerprint density at radius 2 is 2.03 bits per heavy atom. The SMILES string of the molecule is C[C@H](Cc1cnn[nH]1)OCC(=O)N1Cc2cnc(NC3Cc4ccccc4C3)nc2C1. The maximum absolute atomic E-state index is 12.6. The predicted molar refractivity (Wildman–Crippen MR) is 113 cm³/mol. The number of carbonyl (C=O) groups excluding carboxylic acids is 1. The van der Waals surface area contributed by atoms with E-state index in [1.807, 2.05) is 13.1 Å². The molecule has 2 aliphatic rings. The molecule has 2 N–H and O–H groups in total. The van der Waals surface area contributed by atoms with E-state index in [-0.39, 0.29) is 18.6 Å². The standard InChI is InChI=1S/C22H25N7O2/c1-14(6-19-10-24-28-27-19)31-13-21(30)29-11-17-9-23-22(26-20(17)12-29)25-18-7-15-4-2-3-5-16(15)8-18/h2-5,9-10,14,18H,6-8,11-13H2,1H3,(H,23,25,26)(H,24,27,28)/t14-/m1/s1. The number of fused-ring (bicyclic) bond motifs is 2. The third-order valence-electron chi connectivity index (χ3n) is 5.86. The van der Waals surface area contributed by atoms with Gasteiger partial charge in [0.25, 0.3) is 0 Å². The molecular formula is C22H25N7O2. The van der Waals surface area contributed by atoms with Crippen molar-refractivity contribution in [3.63, 3.8) is 0 Å². The Balaban J connectivity index is 1.13. The number of nitrogens with zero attached hydrogens (tertiary/aromatic N) is 5. The van der Waals surface area contributed by atoms with E-state index >= 15 is 0 Å². The molecule has 9 heteroatoms. The Hall–Kier alpha value is -3.33. The highest BCUT2D eigenvalue weighted by Crippen LogP contribution is 2.25. The molecule has 0 fully saturated rings. The van der Waals surface area contributed by atoms with Crippen molar-refractivity contribution in [1.29, 1.82) is 0 Å². The molecule has 1 aliphatic heterocycles. The lowest BCUT2D eigenvalue weighted by molar-refractivity contribution is -0.138. The monoisotopic (exact) mass is 419 g/mol. The second kappa shape index (κ2) is 8.43. The van der Waals surface area contributed by atoms with Crippen LogP contribution in [0.25, 0.3) is 0 Å². The van der Waals surface area contributed by atoms with Gasteiger partial charge < -0.3 is 15.0 Å². The molecule has 9 nitrogen and oxygen atoms in total. The van der Waals surface area contributed by atoms with Crippen LogP contribution in [-0.2, 0) is 41.9 Å². The summed E-state index contributed by atoms with van der Waals surface area (Å²) in [6.07, 6.45) is 5.97. The molecule has 1 aromatic carbocycles. The average Bonchev–Trinajstić information content (AvgIpc) is 3.50. The quantitative estimate of drug-likeness (QED) is 0.599. The van der Waals surface area contributed by atoms with Gasteiger partial charge in [-0.05, 0) is 30.9 Å². The summed E-state index contributed by atoms with van der Waals surface area (Å²) >= 11 is 0. The van der Waals surface area contributed by atoms with Crippen LogP contribution in [0.4, 0.5) is 5.95 Å². The number of ether oxygens (including phenoxy) is 1. The topological polar surface area (TPSA) is 109 Å². The summed E-state index contributed by atoms with van der Waals surface area (Å²) in [6, 6.07) is 8.82. The second-order valence-electron chi connectivity index (χ2n) is 8.24. The highest BCUT2D eigenvalue weighted by atomic mass is 16.5. The van der Waals surface area contributed by atoms with Crippen LogP contribution in [0.5, 0.6) is 0 Å². The van der Waals surface area contributed by atoms with Gasteiger partial charge in [-0.15, -0.1) is 5.10 Å². The van der Waals surface area contributed by atoms with Crippen molar-refractivity contribution in [2.45, 2.75) is 51.4 Å². The van der Waals surface area contributed by atoms with Crippen LogP contribution in [-0.4, -0.2) is 54.9 Å². The van der Waals surface area contributed by atoms with E-state index in [9.17, 15) is 4.79 Å². The van der Waals surface area contributed by atoms with Crippen molar-refractivity contribution in [1.82, 2.24) is 30.3 Å². The summed E-state index contributed by atoms with van der Waals surface area (Å²) in [4.78, 5) is 23.5. The molecule has 3 aromatic rings. The van der Waals surface area contributed by atoms with Crippen molar-refractivity contribution in [3.8, 4) is 0 Å². The third-order valence-corrected chi connectivity index (χ3v) is 5.86. The van der Waals surface area contributed by atoms with Crippen molar-refractivity contribution >= 4 is 11.9 Å². The Kier molecular flexibility index (Phi) is 5.33. The molecule has 1 amide bonds. The zero-order valence-electron chi connectivity index (χ0n) is 17.4. The van der Waals surface area contributed by atoms with Gasteiger partial charge in [-0.3, -0.25) is 9.89 Å². The number of rotatable bonds is 7. The molecule has 2 aromatic heterocycles. The fourth-order valence-corrected chi connectivity index (χ4v) is 4.24. The zero-order valence-corrected chi connectivity index (χ0v) is 17.4. The number of H-pyrrole nitrogens is 1. The van der Waals surface area contributed by atoms with Gasteiger partial charge >= 0.3 is 0 Å². The Labute approximate surface area is 180 Å². The van der Waals surface area contributed by atoms with E-state index in [4.69, 9.17) is 4.74 Å². The maximum atomic E-state index is 12.6. The Bertz CT molecular complexity index is 1040. The predicted octanol–water partition coefficient (Wildman–Crippen LogP) is 1.66. The van der Waals surface area contributed by atoms with Crippen molar-refractivity contribution in [2.75, 3.05) is 11.9 Å².